The zero-order chi connectivity index (χ0) is 14.4. The van der Waals surface area contributed by atoms with E-state index in [0.29, 0.717) is 24.8 Å². The van der Waals surface area contributed by atoms with E-state index in [9.17, 15) is 8.42 Å². The van der Waals surface area contributed by atoms with Crippen molar-refractivity contribution in [2.24, 2.45) is 10.9 Å². The molecule has 0 aromatic carbocycles. The Balaban J connectivity index is 0.00000220. The molecule has 8 heteroatoms. The average Bonchev–Trinajstić information content (AvgIpc) is 3.02. The fourth-order valence-corrected chi connectivity index (χ4v) is 4.04. The van der Waals surface area contributed by atoms with E-state index in [1.54, 1.807) is 6.26 Å². The van der Waals surface area contributed by atoms with Gasteiger partial charge in [-0.3, -0.25) is 0 Å². The van der Waals surface area contributed by atoms with E-state index >= 15 is 0 Å². The van der Waals surface area contributed by atoms with Gasteiger partial charge in [0.25, 0.3) is 0 Å². The van der Waals surface area contributed by atoms with Gasteiger partial charge in [0, 0.05) is 13.1 Å². The highest BCUT2D eigenvalue weighted by atomic mass is 127. The maximum Gasteiger partial charge on any atom is 0.191 e. The summed E-state index contributed by atoms with van der Waals surface area (Å²) in [6, 6.07) is 3.70. The number of aliphatic imine (C=N–C) groups is 1. The Morgan fingerprint density at radius 2 is 2.29 bits per heavy atom. The molecular formula is C13H22IN3O3S. The second-order valence-corrected chi connectivity index (χ2v) is 7.15. The van der Waals surface area contributed by atoms with Gasteiger partial charge in [-0.25, -0.2) is 13.4 Å². The first-order valence-corrected chi connectivity index (χ1v) is 8.66. The van der Waals surface area contributed by atoms with Crippen LogP contribution in [-0.2, 0) is 16.4 Å². The highest BCUT2D eigenvalue weighted by Gasteiger charge is 2.27. The van der Waals surface area contributed by atoms with Crippen LogP contribution in [0.5, 0.6) is 0 Å². The predicted octanol–water partition coefficient (Wildman–Crippen LogP) is 1.39. The van der Waals surface area contributed by atoms with Crippen molar-refractivity contribution in [2.45, 2.75) is 19.9 Å². The highest BCUT2D eigenvalue weighted by Crippen LogP contribution is 2.17. The summed E-state index contributed by atoms with van der Waals surface area (Å²) in [6.07, 6.45) is 2.35. The lowest BCUT2D eigenvalue weighted by Crippen LogP contribution is -2.40. The zero-order valence-electron chi connectivity index (χ0n) is 12.0. The molecule has 0 radical (unpaired) electrons. The molecule has 0 saturated carbocycles. The fraction of sp³-hybridized carbons (Fsp3) is 0.615. The molecule has 21 heavy (non-hydrogen) atoms. The lowest BCUT2D eigenvalue weighted by molar-refractivity contribution is 0.511. The fourth-order valence-electron chi connectivity index (χ4n) is 2.18. The van der Waals surface area contributed by atoms with E-state index in [-0.39, 0.29) is 35.6 Å². The van der Waals surface area contributed by atoms with Crippen LogP contribution in [-0.4, -0.2) is 39.0 Å². The Morgan fingerprint density at radius 1 is 1.48 bits per heavy atom. The van der Waals surface area contributed by atoms with Crippen molar-refractivity contribution in [1.29, 1.82) is 0 Å². The van der Waals surface area contributed by atoms with Crippen molar-refractivity contribution in [3.05, 3.63) is 24.2 Å². The number of nitrogens with one attached hydrogen (secondary N) is 2. The van der Waals surface area contributed by atoms with Gasteiger partial charge < -0.3 is 15.1 Å². The minimum Gasteiger partial charge on any atom is -0.467 e. The van der Waals surface area contributed by atoms with Crippen LogP contribution in [0.2, 0.25) is 0 Å². The third kappa shape index (κ3) is 6.25. The summed E-state index contributed by atoms with van der Waals surface area (Å²) >= 11 is 0. The summed E-state index contributed by atoms with van der Waals surface area (Å²) in [6.45, 7) is 3.84. The largest absolute Gasteiger partial charge is 0.467 e. The van der Waals surface area contributed by atoms with Crippen LogP contribution in [0.1, 0.15) is 19.1 Å². The van der Waals surface area contributed by atoms with Crippen molar-refractivity contribution in [2.75, 3.05) is 24.6 Å². The second-order valence-electron chi connectivity index (χ2n) is 4.92. The summed E-state index contributed by atoms with van der Waals surface area (Å²) in [5.41, 5.74) is 0. The van der Waals surface area contributed by atoms with Gasteiger partial charge in [-0.05, 0) is 31.4 Å². The first kappa shape index (κ1) is 18.3. The molecule has 1 saturated heterocycles. The van der Waals surface area contributed by atoms with Crippen molar-refractivity contribution < 1.29 is 12.8 Å². The molecule has 120 valence electrons. The van der Waals surface area contributed by atoms with Gasteiger partial charge in [0.1, 0.15) is 12.3 Å². The minimum absolute atomic E-state index is 0. The third-order valence-corrected chi connectivity index (χ3v) is 5.04. The van der Waals surface area contributed by atoms with Gasteiger partial charge in [-0.15, -0.1) is 24.0 Å². The molecule has 6 nitrogen and oxygen atoms in total. The molecule has 2 rings (SSSR count). The van der Waals surface area contributed by atoms with Crippen LogP contribution >= 0.6 is 24.0 Å². The van der Waals surface area contributed by atoms with E-state index < -0.39 is 9.84 Å². The van der Waals surface area contributed by atoms with Crippen LogP contribution in [0.4, 0.5) is 0 Å². The molecule has 1 aliphatic heterocycles. The molecule has 1 fully saturated rings. The Labute approximate surface area is 142 Å². The topological polar surface area (TPSA) is 83.7 Å². The molecule has 1 aliphatic rings. The van der Waals surface area contributed by atoms with E-state index in [1.165, 1.54) is 0 Å². The number of hydrogen-bond acceptors (Lipinski definition) is 4. The molecule has 0 bridgehead atoms. The van der Waals surface area contributed by atoms with Gasteiger partial charge >= 0.3 is 0 Å². The molecule has 0 spiro atoms. The summed E-state index contributed by atoms with van der Waals surface area (Å²) < 4.78 is 28.0. The molecule has 1 aromatic heterocycles. The lowest BCUT2D eigenvalue weighted by atomic mass is 10.1. The maximum atomic E-state index is 11.4. The standard InChI is InChI=1S/C13H21N3O3S.HI/c1-2-14-13(16-9-12-4-3-6-19-12)15-8-11-5-7-20(17,18)10-11;/h3-4,6,11H,2,5,7-10H2,1H3,(H2,14,15,16);1H. The number of furan rings is 1. The van der Waals surface area contributed by atoms with Crippen LogP contribution in [0.15, 0.2) is 27.8 Å². The van der Waals surface area contributed by atoms with Crippen LogP contribution in [0, 0.1) is 5.92 Å². The first-order chi connectivity index (χ1) is 9.59. The third-order valence-electron chi connectivity index (χ3n) is 3.20. The number of hydrogen-bond donors (Lipinski definition) is 2. The van der Waals surface area contributed by atoms with Crippen molar-refractivity contribution in [3.63, 3.8) is 0 Å². The molecule has 1 unspecified atom stereocenters. The summed E-state index contributed by atoms with van der Waals surface area (Å²) in [5, 5.41) is 6.33. The van der Waals surface area contributed by atoms with E-state index in [0.717, 1.165) is 18.7 Å². The average molecular weight is 427 g/mol. The van der Waals surface area contributed by atoms with Gasteiger partial charge in [0.2, 0.25) is 0 Å². The molecule has 0 aliphatic carbocycles. The van der Waals surface area contributed by atoms with Crippen molar-refractivity contribution in [1.82, 2.24) is 10.6 Å². The van der Waals surface area contributed by atoms with Crippen LogP contribution in [0.25, 0.3) is 0 Å². The van der Waals surface area contributed by atoms with Gasteiger partial charge in [-0.2, -0.15) is 0 Å². The second kappa shape index (κ2) is 8.62. The Kier molecular flexibility index (Phi) is 7.50. The number of rotatable bonds is 5. The highest BCUT2D eigenvalue weighted by molar-refractivity contribution is 14.0. The van der Waals surface area contributed by atoms with E-state index in [4.69, 9.17) is 4.42 Å². The molecule has 2 heterocycles. The van der Waals surface area contributed by atoms with Gasteiger partial charge in [0.15, 0.2) is 15.8 Å². The predicted molar refractivity (Wildman–Crippen MR) is 93.7 cm³/mol. The Hall–Kier alpha value is -0.770. The molecular weight excluding hydrogens is 405 g/mol. The molecule has 2 N–H and O–H groups in total. The number of guanidine groups is 1. The normalized spacial score (nSPS) is 20.8. The minimum atomic E-state index is -2.82. The van der Waals surface area contributed by atoms with E-state index in [2.05, 4.69) is 15.6 Å². The summed E-state index contributed by atoms with van der Waals surface area (Å²) in [7, 11) is -2.82. The Morgan fingerprint density at radius 3 is 2.86 bits per heavy atom. The molecule has 1 aromatic rings. The van der Waals surface area contributed by atoms with Crippen LogP contribution in [0.3, 0.4) is 0 Å². The van der Waals surface area contributed by atoms with Gasteiger partial charge in [0.05, 0.1) is 17.8 Å². The zero-order valence-corrected chi connectivity index (χ0v) is 15.2. The number of halogens is 1. The first-order valence-electron chi connectivity index (χ1n) is 6.84. The lowest BCUT2D eigenvalue weighted by Gasteiger charge is -2.13. The quantitative estimate of drug-likeness (QED) is 0.422. The molecule has 1 atom stereocenters. The Bertz CT molecular complexity index is 543. The van der Waals surface area contributed by atoms with Gasteiger partial charge in [-0.1, -0.05) is 0 Å². The van der Waals surface area contributed by atoms with Crippen molar-refractivity contribution in [3.8, 4) is 0 Å². The number of nitrogens with zero attached hydrogens (tertiary/aromatic N) is 1. The maximum absolute atomic E-state index is 11.4. The monoisotopic (exact) mass is 427 g/mol. The van der Waals surface area contributed by atoms with Crippen molar-refractivity contribution >= 4 is 39.8 Å². The summed E-state index contributed by atoms with van der Waals surface area (Å²) in [4.78, 5) is 4.40. The SMILES string of the molecule is CCNC(=NCc1ccco1)NCC1CCS(=O)(=O)C1.I. The number of sulfone groups is 1. The summed E-state index contributed by atoms with van der Waals surface area (Å²) in [5.74, 6) is 2.24. The van der Waals surface area contributed by atoms with Crippen LogP contribution < -0.4 is 10.6 Å². The smallest absolute Gasteiger partial charge is 0.191 e. The van der Waals surface area contributed by atoms with E-state index in [1.807, 2.05) is 19.1 Å². The molecule has 0 amide bonds.